The first kappa shape index (κ1) is 101. The molecule has 0 saturated heterocycles. The van der Waals surface area contributed by atoms with Crippen LogP contribution in [0.25, 0.3) is 44.6 Å². The number of rotatable bonds is 29. The number of methoxy groups -OCH3 is 4. The number of aldehydes is 1. The Morgan fingerprint density at radius 3 is 1.29 bits per heavy atom. The summed E-state index contributed by atoms with van der Waals surface area (Å²) < 4.78 is 59.6. The van der Waals surface area contributed by atoms with Gasteiger partial charge in [-0.05, 0) is 170 Å². The molecular weight excluding hydrogens is 1920 g/mol. The number of hydrogen-bond acceptors (Lipinski definition) is 17. The lowest BCUT2D eigenvalue weighted by atomic mass is 9.98. The van der Waals surface area contributed by atoms with Crippen LogP contribution >= 0.6 is 116 Å². The van der Waals surface area contributed by atoms with Gasteiger partial charge in [-0.3, -0.25) is 4.57 Å². The third-order valence-electron chi connectivity index (χ3n) is 21.2. The van der Waals surface area contributed by atoms with Gasteiger partial charge in [0, 0.05) is 122 Å². The Hall–Kier alpha value is -11.3. The van der Waals surface area contributed by atoms with Crippen molar-refractivity contribution in [2.75, 3.05) is 41.7 Å². The highest BCUT2D eigenvalue weighted by Gasteiger charge is 2.33. The number of aromatic amines is 3. The number of H-pyrrole nitrogens is 3. The fourth-order valence-electron chi connectivity index (χ4n) is 14.9. The summed E-state index contributed by atoms with van der Waals surface area (Å²) in [6.45, 7) is 0.589. The summed E-state index contributed by atoms with van der Waals surface area (Å²) in [6, 6.07) is 60.1. The van der Waals surface area contributed by atoms with Crippen LogP contribution in [-0.2, 0) is 83.2 Å². The highest BCUT2D eigenvalue weighted by Crippen LogP contribution is 2.46. The summed E-state index contributed by atoms with van der Waals surface area (Å²) in [7, 11) is 6.06. The van der Waals surface area contributed by atoms with Crippen LogP contribution in [0.5, 0.6) is 0 Å². The van der Waals surface area contributed by atoms with Gasteiger partial charge in [-0.25, -0.2) is 33.9 Å². The largest absolute Gasteiger partial charge is 0.480 e. The molecule has 692 valence electrons. The lowest BCUT2D eigenvalue weighted by molar-refractivity contribution is -0.139. The van der Waals surface area contributed by atoms with Crippen molar-refractivity contribution in [3.05, 3.63) is 359 Å². The van der Waals surface area contributed by atoms with Gasteiger partial charge in [0.2, 0.25) is 11.9 Å². The normalized spacial score (nSPS) is 12.7. The van der Waals surface area contributed by atoms with Gasteiger partial charge in [0.25, 0.3) is 0 Å². The van der Waals surface area contributed by atoms with Gasteiger partial charge < -0.3 is 80.3 Å². The van der Waals surface area contributed by atoms with Crippen molar-refractivity contribution in [3.8, 4) is 22.3 Å². The van der Waals surface area contributed by atoms with Crippen molar-refractivity contribution < 1.29 is 66.3 Å². The number of ether oxygens (including phenoxy) is 6. The van der Waals surface area contributed by atoms with Crippen molar-refractivity contribution in [1.82, 2.24) is 60.7 Å². The first-order valence-corrected chi connectivity index (χ1v) is 44.6. The predicted octanol–water partition coefficient (Wildman–Crippen LogP) is 20.6. The number of aromatic nitrogens is 8. The molecule has 10 N–H and O–H groups in total. The van der Waals surface area contributed by atoms with E-state index in [1.54, 1.807) is 99.3 Å². The molecule has 0 spiro atoms. The molecule has 0 saturated carbocycles. The van der Waals surface area contributed by atoms with Crippen LogP contribution in [0, 0.1) is 11.9 Å². The topological polar surface area (TPSA) is 356 Å². The standard InChI is InChI=1S/C24H19Cl2NO4.C24H19Cl2NO3.C19H20Cl2FN5O3.C17H12Cl2FN5O.C11H15Cl2NO2/c25-15-10-9-14(21(26)12-15)11-22(23(28)29)27-24(30)31-13-20-18-7-3-1-5-16(18)17-6-2-4-8-19(17)20;25-16-10-9-15(23(26)12-16)11-17(13-28)27-24(29)30-14-22-20-7-3-1-5-18(20)19-6-2-4-8-21(19)22;1-29-18(30-2)14(7-10-3-4-11(20)8-12(10)21)25-19(28)23-9-16-24-13-5-6-15(22)26-17(13)27-16;18-10-2-1-9(12(19)6-10)5-11-7-25(17(26)21-11)8-15-22-13-3-4-14(20)23-16(13)24-15;1-15-11(16-2)10(14)5-7-3-4-8(12)6-9(7)13/h1-10,12,20,22H,11,13H2,(H,27,30)(H,28,29);1-10,12-13,17,22H,11,14H2,(H,27,29);3-6,8,14,18H,7,9H2,1-2H3,(H2,23,25,28)(H,24,26,27);1-4,6-7H,5,8H2,(H,21,26)(H,22,23,24);3-4,6,10-11H,5,14H2,1-2H3/t22-;17-;14-;;10-/m000.0/s1. The van der Waals surface area contributed by atoms with E-state index in [0.717, 1.165) is 66.8 Å². The summed E-state index contributed by atoms with van der Waals surface area (Å²) in [6.07, 6.45) is 1.45. The van der Waals surface area contributed by atoms with E-state index in [1.165, 1.54) is 43.1 Å². The number of hydrogen-bond donors (Lipinski definition) is 9. The summed E-state index contributed by atoms with van der Waals surface area (Å²) in [5.74, 6) is -1.60. The van der Waals surface area contributed by atoms with Crippen molar-refractivity contribution in [3.63, 3.8) is 0 Å². The second-order valence-corrected chi connectivity index (χ2v) is 34.3. The van der Waals surface area contributed by atoms with E-state index in [-0.39, 0.29) is 74.0 Å². The van der Waals surface area contributed by atoms with E-state index < -0.39 is 66.8 Å². The quantitative estimate of drug-likeness (QED) is 0.0119. The molecule has 14 aromatic rings. The predicted molar refractivity (Wildman–Crippen MR) is 512 cm³/mol. The number of carboxylic acids is 1. The van der Waals surface area contributed by atoms with E-state index in [2.05, 4.69) is 80.4 Å². The number of imidazole rings is 3. The molecule has 26 nitrogen and oxygen atoms in total. The van der Waals surface area contributed by atoms with Crippen LogP contribution in [-0.4, -0.2) is 153 Å². The average molecular weight is 2010 g/mol. The molecule has 38 heteroatoms. The van der Waals surface area contributed by atoms with E-state index >= 15 is 0 Å². The van der Waals surface area contributed by atoms with Crippen LogP contribution < -0.4 is 32.7 Å². The summed E-state index contributed by atoms with van der Waals surface area (Å²) in [5.41, 5.74) is 20.9. The van der Waals surface area contributed by atoms with Crippen LogP contribution in [0.15, 0.2) is 223 Å². The van der Waals surface area contributed by atoms with Crippen molar-refractivity contribution in [1.29, 1.82) is 0 Å². The minimum absolute atomic E-state index is 0.00946. The summed E-state index contributed by atoms with van der Waals surface area (Å²) in [5, 5.41) is 25.1. The molecule has 2 aliphatic rings. The number of alkyl carbamates (subject to hydrolysis) is 2. The van der Waals surface area contributed by atoms with Gasteiger partial charge in [-0.15, -0.1) is 0 Å². The molecule has 4 amide bonds. The van der Waals surface area contributed by atoms with Gasteiger partial charge in [0.05, 0.1) is 42.2 Å². The van der Waals surface area contributed by atoms with Crippen LogP contribution in [0.3, 0.4) is 0 Å². The van der Waals surface area contributed by atoms with Gasteiger partial charge in [0.1, 0.15) is 37.2 Å². The number of carboxylic acid groups (broad SMARTS) is 1. The molecule has 0 aliphatic heterocycles. The SMILES string of the molecule is COC(OC)[C@@H](N)Cc1ccc(Cl)cc1Cl.COC(OC)[C@H](Cc1ccc(Cl)cc1Cl)NC(=O)NCc1nc2nc(F)ccc2[nH]1.O=C(N[C@@H](Cc1ccc(Cl)cc1Cl)C(=O)O)OCC1c2ccccc2-c2ccccc21.O=C[C@H](Cc1ccc(Cl)cc1Cl)NC(=O)OCC1c2ccccc2-c2ccccc21.O=c1[nH]c(Cc2ccc(Cl)cc2Cl)cn1Cc1nc2nc(F)ccc2[nH]1. The molecule has 2 aliphatic carbocycles. The Bertz CT molecular complexity index is 6430. The van der Waals surface area contributed by atoms with Gasteiger partial charge in [-0.1, -0.05) is 243 Å². The number of carbonyl (C=O) groups excluding carboxylic acids is 4. The van der Waals surface area contributed by atoms with E-state index in [9.17, 15) is 42.7 Å². The fraction of sp³-hybridized carbons (Fsp3) is 0.221. The Kier molecular flexibility index (Phi) is 36.4. The second kappa shape index (κ2) is 48.1. The number of carbonyl (C=O) groups is 5. The molecule has 133 heavy (non-hydrogen) atoms. The first-order valence-electron chi connectivity index (χ1n) is 40.8. The van der Waals surface area contributed by atoms with Crippen molar-refractivity contribution in [2.24, 2.45) is 5.73 Å². The number of urea groups is 1. The number of pyridine rings is 2. The number of fused-ring (bicyclic) bond motifs is 8. The van der Waals surface area contributed by atoms with E-state index in [4.69, 9.17) is 150 Å². The first-order chi connectivity index (χ1) is 63.9. The zero-order chi connectivity index (χ0) is 95.1. The molecular formula is C95H85Cl10F2N13O13. The van der Waals surface area contributed by atoms with Gasteiger partial charge >= 0.3 is 29.9 Å². The molecule has 9 aromatic carbocycles. The summed E-state index contributed by atoms with van der Waals surface area (Å²) in [4.78, 5) is 97.1. The number of halogens is 12. The molecule has 16 rings (SSSR count). The number of nitrogens with zero attached hydrogens (tertiary/aromatic N) is 5. The zero-order valence-electron chi connectivity index (χ0n) is 71.0. The van der Waals surface area contributed by atoms with Gasteiger partial charge in [-0.2, -0.15) is 18.7 Å². The van der Waals surface area contributed by atoms with Crippen LogP contribution in [0.1, 0.15) is 79.2 Å². The molecule has 5 heterocycles. The van der Waals surface area contributed by atoms with Gasteiger partial charge in [0.15, 0.2) is 23.9 Å². The van der Waals surface area contributed by atoms with Crippen molar-refractivity contribution in [2.45, 2.75) is 93.8 Å². The number of amides is 4. The van der Waals surface area contributed by atoms with E-state index in [0.29, 0.717) is 110 Å². The minimum atomic E-state index is -1.19. The molecule has 0 bridgehead atoms. The maximum absolute atomic E-state index is 13.2. The monoisotopic (exact) mass is 2000 g/mol. The van der Waals surface area contributed by atoms with E-state index in [1.807, 2.05) is 84.9 Å². The Morgan fingerprint density at radius 1 is 0.474 bits per heavy atom. The Morgan fingerprint density at radius 2 is 0.865 bits per heavy atom. The minimum Gasteiger partial charge on any atom is -0.480 e. The molecule has 5 aromatic heterocycles. The van der Waals surface area contributed by atoms with Crippen LogP contribution in [0.4, 0.5) is 23.2 Å². The van der Waals surface area contributed by atoms with Crippen LogP contribution in [0.2, 0.25) is 50.2 Å². The number of nitrogens with one attached hydrogen (secondary N) is 7. The maximum atomic E-state index is 13.2. The second-order valence-electron chi connectivity index (χ2n) is 30.1. The Balaban J connectivity index is 0.000000152. The zero-order valence-corrected chi connectivity index (χ0v) is 78.6. The smallest absolute Gasteiger partial charge is 0.407 e. The van der Waals surface area contributed by atoms with Crippen molar-refractivity contribution >= 4 is 169 Å². The summed E-state index contributed by atoms with van der Waals surface area (Å²) >= 11 is 60.2. The lowest BCUT2D eigenvalue weighted by Gasteiger charge is -2.26. The third-order valence-corrected chi connectivity index (χ3v) is 24.1. The number of aliphatic carboxylic acids is 1. The molecule has 0 unspecified atom stereocenters. The highest BCUT2D eigenvalue weighted by atomic mass is 35.5. The Labute approximate surface area is 811 Å². The number of benzene rings is 9. The third kappa shape index (κ3) is 27.5. The fourth-order valence-corrected chi connectivity index (χ4v) is 17.3. The lowest BCUT2D eigenvalue weighted by Crippen LogP contribution is -2.50. The number of nitrogens with two attached hydrogens (primary N) is 1. The molecule has 0 radical (unpaired) electrons. The molecule has 4 atom stereocenters. The maximum Gasteiger partial charge on any atom is 0.407 e. The molecule has 0 fully saturated rings. The average Bonchev–Trinajstić information content (AvgIpc) is 1.62. The highest BCUT2D eigenvalue weighted by molar-refractivity contribution is 6.37.